The minimum absolute atomic E-state index is 0.0114. The van der Waals surface area contributed by atoms with Crippen molar-refractivity contribution in [1.29, 1.82) is 0 Å². The first-order chi connectivity index (χ1) is 12.9. The smallest absolute Gasteiger partial charge is 0.332 e. The zero-order valence-electron chi connectivity index (χ0n) is 16.2. The van der Waals surface area contributed by atoms with Crippen molar-refractivity contribution in [1.82, 2.24) is 19.1 Å². The summed E-state index contributed by atoms with van der Waals surface area (Å²) < 4.78 is 2.58. The van der Waals surface area contributed by atoms with Crippen LogP contribution in [0.2, 0.25) is 0 Å². The number of carbonyl (C=O) groups excluding carboxylic acids is 1. The van der Waals surface area contributed by atoms with E-state index in [1.54, 1.807) is 0 Å². The van der Waals surface area contributed by atoms with Gasteiger partial charge in [0.25, 0.3) is 5.56 Å². The molecule has 2 aromatic heterocycles. The van der Waals surface area contributed by atoms with E-state index in [4.69, 9.17) is 5.73 Å². The largest absolute Gasteiger partial charge is 0.369 e. The second-order valence-corrected chi connectivity index (χ2v) is 7.47. The number of primary amides is 1. The van der Waals surface area contributed by atoms with Crippen LogP contribution in [0.3, 0.4) is 0 Å². The first-order valence-corrected chi connectivity index (χ1v) is 10.3. The molecule has 2 heterocycles. The number of carbonyl (C=O) groups is 1. The fraction of sp³-hybridized carbons (Fsp3) is 0.611. The molecule has 1 amide bonds. The molecule has 0 fully saturated rings. The predicted molar refractivity (Wildman–Crippen MR) is 107 cm³/mol. The van der Waals surface area contributed by atoms with Crippen molar-refractivity contribution < 1.29 is 4.79 Å². The van der Waals surface area contributed by atoms with Gasteiger partial charge in [0.1, 0.15) is 16.2 Å². The van der Waals surface area contributed by atoms with Gasteiger partial charge >= 0.3 is 5.69 Å². The van der Waals surface area contributed by atoms with Crippen molar-refractivity contribution in [2.45, 2.75) is 63.9 Å². The fourth-order valence-corrected chi connectivity index (χ4v) is 3.64. The summed E-state index contributed by atoms with van der Waals surface area (Å²) in [6.45, 7) is 4.55. The number of unbranched alkanes of at least 4 members (excludes halogenated alkanes) is 3. The van der Waals surface area contributed by atoms with Crippen molar-refractivity contribution in [2.75, 3.05) is 5.75 Å². The van der Waals surface area contributed by atoms with E-state index in [0.29, 0.717) is 29.5 Å². The van der Waals surface area contributed by atoms with E-state index in [2.05, 4.69) is 16.9 Å². The number of aryl methyl sites for hydroxylation is 2. The van der Waals surface area contributed by atoms with Crippen LogP contribution in [0.1, 0.15) is 51.8 Å². The van der Waals surface area contributed by atoms with Crippen LogP contribution in [0.15, 0.2) is 14.6 Å². The van der Waals surface area contributed by atoms with Gasteiger partial charge < -0.3 is 5.73 Å². The lowest BCUT2D eigenvalue weighted by atomic mass is 10.1. The van der Waals surface area contributed by atoms with E-state index < -0.39 is 17.2 Å². The van der Waals surface area contributed by atoms with Gasteiger partial charge in [-0.25, -0.2) is 14.8 Å². The summed E-state index contributed by atoms with van der Waals surface area (Å²) in [7, 11) is 1.44. The Hall–Kier alpha value is -2.16. The topological polar surface area (TPSA) is 113 Å². The SMILES string of the molecule is CCCCCCc1nc(SCC(N)=O)c2c(=O)n(C)c(=O)n(CCC)c2n1. The van der Waals surface area contributed by atoms with Crippen LogP contribution in [-0.4, -0.2) is 30.8 Å². The van der Waals surface area contributed by atoms with E-state index in [0.717, 1.165) is 48.4 Å². The van der Waals surface area contributed by atoms with Gasteiger partial charge in [0, 0.05) is 20.0 Å². The number of fused-ring (bicyclic) bond motifs is 1. The van der Waals surface area contributed by atoms with Crippen LogP contribution >= 0.6 is 11.8 Å². The lowest BCUT2D eigenvalue weighted by Crippen LogP contribution is -2.39. The molecule has 0 aliphatic rings. The van der Waals surface area contributed by atoms with E-state index in [-0.39, 0.29) is 11.1 Å². The molecule has 0 aliphatic carbocycles. The standard InChI is InChI=1S/C18H27N5O3S/c1-4-6-7-8-9-13-20-15-14(16(21-13)27-11-12(19)24)17(25)22(3)18(26)23(15)10-5-2/h4-11H2,1-3H3,(H2,19,24). The van der Waals surface area contributed by atoms with Crippen LogP contribution < -0.4 is 17.0 Å². The number of hydrogen-bond acceptors (Lipinski definition) is 6. The Morgan fingerprint density at radius 1 is 1.11 bits per heavy atom. The lowest BCUT2D eigenvalue weighted by molar-refractivity contribution is -0.115. The van der Waals surface area contributed by atoms with Crippen molar-refractivity contribution in [3.63, 3.8) is 0 Å². The molecule has 2 N–H and O–H groups in total. The summed E-state index contributed by atoms with van der Waals surface area (Å²) in [5.41, 5.74) is 4.76. The lowest BCUT2D eigenvalue weighted by Gasteiger charge is -2.13. The summed E-state index contributed by atoms with van der Waals surface area (Å²) in [6, 6.07) is 0. The molecular weight excluding hydrogens is 366 g/mol. The number of thioether (sulfide) groups is 1. The quantitative estimate of drug-likeness (QED) is 0.373. The van der Waals surface area contributed by atoms with Gasteiger partial charge in [0.05, 0.1) is 5.75 Å². The number of rotatable bonds is 10. The number of hydrogen-bond donors (Lipinski definition) is 1. The fourth-order valence-electron chi connectivity index (χ4n) is 2.87. The van der Waals surface area contributed by atoms with Crippen LogP contribution in [0.5, 0.6) is 0 Å². The molecule has 0 aromatic carbocycles. The third-order valence-corrected chi connectivity index (χ3v) is 5.25. The van der Waals surface area contributed by atoms with E-state index in [1.165, 1.54) is 11.6 Å². The van der Waals surface area contributed by atoms with Crippen LogP contribution in [0, 0.1) is 0 Å². The van der Waals surface area contributed by atoms with Crippen molar-refractivity contribution in [2.24, 2.45) is 12.8 Å². The maximum atomic E-state index is 12.7. The third kappa shape index (κ3) is 4.97. The molecule has 8 nitrogen and oxygen atoms in total. The second-order valence-electron chi connectivity index (χ2n) is 6.51. The first kappa shape index (κ1) is 21.1. The van der Waals surface area contributed by atoms with Gasteiger partial charge in [-0.2, -0.15) is 0 Å². The molecule has 0 saturated carbocycles. The zero-order chi connectivity index (χ0) is 20.0. The van der Waals surface area contributed by atoms with Crippen molar-refractivity contribution in [3.8, 4) is 0 Å². The highest BCUT2D eigenvalue weighted by Crippen LogP contribution is 2.23. The van der Waals surface area contributed by atoms with Gasteiger partial charge in [-0.3, -0.25) is 18.7 Å². The summed E-state index contributed by atoms with van der Waals surface area (Å²) in [5.74, 6) is 0.107. The molecule has 2 rings (SSSR count). The highest BCUT2D eigenvalue weighted by molar-refractivity contribution is 8.00. The monoisotopic (exact) mass is 393 g/mol. The number of aromatic nitrogens is 4. The molecule has 0 atom stereocenters. The van der Waals surface area contributed by atoms with E-state index in [9.17, 15) is 14.4 Å². The van der Waals surface area contributed by atoms with Gasteiger partial charge in [-0.05, 0) is 12.8 Å². The van der Waals surface area contributed by atoms with E-state index in [1.807, 2.05) is 6.92 Å². The Labute approximate surface area is 162 Å². The Morgan fingerprint density at radius 2 is 1.85 bits per heavy atom. The molecule has 0 bridgehead atoms. The first-order valence-electron chi connectivity index (χ1n) is 9.32. The maximum absolute atomic E-state index is 12.7. The van der Waals surface area contributed by atoms with Gasteiger partial charge in [0.2, 0.25) is 5.91 Å². The minimum atomic E-state index is -0.491. The maximum Gasteiger partial charge on any atom is 0.332 e. The number of nitrogens with two attached hydrogens (primary N) is 1. The highest BCUT2D eigenvalue weighted by atomic mass is 32.2. The Bertz CT molecular complexity index is 935. The molecule has 0 saturated heterocycles. The van der Waals surface area contributed by atoms with Gasteiger partial charge in [-0.15, -0.1) is 0 Å². The zero-order valence-corrected chi connectivity index (χ0v) is 17.0. The van der Waals surface area contributed by atoms with Crippen molar-refractivity contribution in [3.05, 3.63) is 26.7 Å². The van der Waals surface area contributed by atoms with Gasteiger partial charge in [0.15, 0.2) is 5.65 Å². The molecule has 0 aliphatic heterocycles. The third-order valence-electron chi connectivity index (χ3n) is 4.25. The van der Waals surface area contributed by atoms with E-state index >= 15 is 0 Å². The molecule has 27 heavy (non-hydrogen) atoms. The number of amides is 1. The van der Waals surface area contributed by atoms with Gasteiger partial charge in [-0.1, -0.05) is 44.9 Å². The normalized spacial score (nSPS) is 11.2. The van der Waals surface area contributed by atoms with Crippen LogP contribution in [0.25, 0.3) is 11.0 Å². The Morgan fingerprint density at radius 3 is 2.48 bits per heavy atom. The Kier molecular flexibility index (Phi) is 7.58. The molecular formula is C18H27N5O3S. The second kappa shape index (κ2) is 9.68. The predicted octanol–water partition coefficient (Wildman–Crippen LogP) is 1.60. The Balaban J connectivity index is 2.64. The molecule has 148 valence electrons. The van der Waals surface area contributed by atoms with Crippen molar-refractivity contribution >= 4 is 28.7 Å². The molecule has 2 aromatic rings. The van der Waals surface area contributed by atoms with Crippen LogP contribution in [0.4, 0.5) is 0 Å². The average molecular weight is 394 g/mol. The summed E-state index contributed by atoms with van der Waals surface area (Å²) in [6.07, 6.45) is 5.66. The minimum Gasteiger partial charge on any atom is -0.369 e. The summed E-state index contributed by atoms with van der Waals surface area (Å²) in [5, 5.41) is 0.684. The highest BCUT2D eigenvalue weighted by Gasteiger charge is 2.19. The molecule has 0 spiro atoms. The molecule has 0 radical (unpaired) electrons. The number of nitrogens with zero attached hydrogens (tertiary/aromatic N) is 4. The molecule has 9 heteroatoms. The molecule has 0 unspecified atom stereocenters. The summed E-state index contributed by atoms with van der Waals surface area (Å²) in [4.78, 5) is 45.6. The van der Waals surface area contributed by atoms with Crippen LogP contribution in [-0.2, 0) is 24.8 Å². The average Bonchev–Trinajstić information content (AvgIpc) is 2.64. The summed E-state index contributed by atoms with van der Waals surface area (Å²) >= 11 is 1.12.